The second-order valence-electron chi connectivity index (χ2n) is 13.1. The van der Waals surface area contributed by atoms with Crippen molar-refractivity contribution in [1.29, 1.82) is 0 Å². The number of carbonyl (C=O) groups excluding carboxylic acids is 3. The van der Waals surface area contributed by atoms with Gasteiger partial charge in [-0.25, -0.2) is 9.18 Å². The van der Waals surface area contributed by atoms with Gasteiger partial charge in [-0.3, -0.25) is 19.4 Å². The second kappa shape index (κ2) is 16.9. The van der Waals surface area contributed by atoms with E-state index in [4.69, 9.17) is 4.74 Å². The number of alkyl halides is 1. The van der Waals surface area contributed by atoms with Crippen LogP contribution in [-0.4, -0.2) is 88.7 Å². The van der Waals surface area contributed by atoms with Crippen molar-refractivity contribution in [2.75, 3.05) is 31.1 Å². The number of carbonyl (C=O) groups is 3. The van der Waals surface area contributed by atoms with Crippen LogP contribution in [0.5, 0.6) is 0 Å². The molecule has 2 saturated heterocycles. The van der Waals surface area contributed by atoms with Gasteiger partial charge >= 0.3 is 6.09 Å². The summed E-state index contributed by atoms with van der Waals surface area (Å²) in [4.78, 5) is 43.3. The SMILES string of the molecule is CC(C)(C)OC(=O)N1C[C@@H](F)C[C@H]1C(=O)N[C@@H](CSCC1CCCCC1)C(=O)NC1CCN(Cc2ccccc2)CC1.Cl. The monoisotopic (exact) mass is 640 g/mol. The van der Waals surface area contributed by atoms with Gasteiger partial charge in [0.1, 0.15) is 23.9 Å². The molecule has 3 amide bonds. The van der Waals surface area contributed by atoms with E-state index in [-0.39, 0.29) is 37.3 Å². The average molecular weight is 641 g/mol. The molecule has 0 aromatic heterocycles. The Morgan fingerprint density at radius 2 is 1.72 bits per heavy atom. The van der Waals surface area contributed by atoms with Gasteiger partial charge in [0.2, 0.25) is 11.8 Å². The number of benzene rings is 1. The molecule has 43 heavy (non-hydrogen) atoms. The molecule has 1 aromatic carbocycles. The normalized spacial score (nSPS) is 22.8. The van der Waals surface area contributed by atoms with Crippen molar-refractivity contribution in [2.45, 2.75) is 109 Å². The maximum atomic E-state index is 14.4. The number of likely N-dealkylation sites (tertiary alicyclic amines) is 2. The molecule has 2 N–H and O–H groups in total. The summed E-state index contributed by atoms with van der Waals surface area (Å²) < 4.78 is 19.9. The number of nitrogens with one attached hydrogen (secondary N) is 2. The molecule has 2 aliphatic heterocycles. The van der Waals surface area contributed by atoms with Crippen molar-refractivity contribution < 1.29 is 23.5 Å². The molecule has 8 nitrogen and oxygen atoms in total. The van der Waals surface area contributed by atoms with Crippen LogP contribution >= 0.6 is 24.2 Å². The maximum Gasteiger partial charge on any atom is 0.411 e. The van der Waals surface area contributed by atoms with Crippen LogP contribution in [0.15, 0.2) is 30.3 Å². The average Bonchev–Trinajstić information content (AvgIpc) is 3.36. The summed E-state index contributed by atoms with van der Waals surface area (Å²) in [5.41, 5.74) is 0.516. The molecule has 4 rings (SSSR count). The molecule has 0 unspecified atom stereocenters. The zero-order valence-electron chi connectivity index (χ0n) is 25.9. The number of piperidine rings is 1. The molecule has 242 valence electrons. The molecule has 3 atom stereocenters. The van der Waals surface area contributed by atoms with Gasteiger partial charge in [-0.05, 0) is 63.7 Å². The van der Waals surface area contributed by atoms with Crippen LogP contribution < -0.4 is 10.6 Å². The van der Waals surface area contributed by atoms with Crippen LogP contribution in [0.3, 0.4) is 0 Å². The first-order chi connectivity index (χ1) is 20.1. The largest absolute Gasteiger partial charge is 0.444 e. The molecular weight excluding hydrogens is 591 g/mol. The lowest BCUT2D eigenvalue weighted by Gasteiger charge is -2.33. The summed E-state index contributed by atoms with van der Waals surface area (Å²) >= 11 is 1.70. The number of amides is 3. The van der Waals surface area contributed by atoms with Crippen LogP contribution in [0.25, 0.3) is 0 Å². The first kappa shape index (κ1) is 35.4. The predicted octanol–water partition coefficient (Wildman–Crippen LogP) is 5.33. The molecular formula is C32H50ClFN4O4S. The molecule has 1 saturated carbocycles. The molecule has 11 heteroatoms. The summed E-state index contributed by atoms with van der Waals surface area (Å²) in [6, 6.07) is 8.65. The van der Waals surface area contributed by atoms with Crippen molar-refractivity contribution >= 4 is 42.1 Å². The van der Waals surface area contributed by atoms with Crippen molar-refractivity contribution in [1.82, 2.24) is 20.4 Å². The topological polar surface area (TPSA) is 91.0 Å². The molecule has 3 fully saturated rings. The van der Waals surface area contributed by atoms with Crippen molar-refractivity contribution in [3.05, 3.63) is 35.9 Å². The zero-order chi connectivity index (χ0) is 30.1. The summed E-state index contributed by atoms with van der Waals surface area (Å²) in [7, 11) is 0. The number of nitrogens with zero attached hydrogens (tertiary/aromatic N) is 2. The van der Waals surface area contributed by atoms with E-state index in [9.17, 15) is 18.8 Å². The third-order valence-corrected chi connectivity index (χ3v) is 9.64. The van der Waals surface area contributed by atoms with E-state index in [2.05, 4.69) is 39.8 Å². The number of hydrogen-bond donors (Lipinski definition) is 2. The Balaban J connectivity index is 0.00000506. The minimum Gasteiger partial charge on any atom is -0.444 e. The quantitative estimate of drug-likeness (QED) is 0.359. The minimum atomic E-state index is -1.32. The maximum absolute atomic E-state index is 14.4. The molecule has 1 aliphatic carbocycles. The van der Waals surface area contributed by atoms with E-state index < -0.39 is 35.9 Å². The van der Waals surface area contributed by atoms with Gasteiger partial charge < -0.3 is 15.4 Å². The van der Waals surface area contributed by atoms with Gasteiger partial charge in [0.15, 0.2) is 0 Å². The van der Waals surface area contributed by atoms with Crippen molar-refractivity contribution in [3.8, 4) is 0 Å². The van der Waals surface area contributed by atoms with E-state index in [1.54, 1.807) is 32.5 Å². The number of halogens is 2. The van der Waals surface area contributed by atoms with E-state index in [0.717, 1.165) is 43.1 Å². The number of thioether (sulfide) groups is 1. The van der Waals surface area contributed by atoms with Crippen LogP contribution in [0, 0.1) is 5.92 Å². The van der Waals surface area contributed by atoms with Crippen LogP contribution in [0.1, 0.15) is 77.7 Å². The van der Waals surface area contributed by atoms with Gasteiger partial charge in [-0.1, -0.05) is 49.6 Å². The third-order valence-electron chi connectivity index (χ3n) is 8.36. The lowest BCUT2D eigenvalue weighted by Crippen LogP contribution is -2.56. The van der Waals surface area contributed by atoms with E-state index in [1.807, 2.05) is 6.07 Å². The highest BCUT2D eigenvalue weighted by Crippen LogP contribution is 2.28. The Morgan fingerprint density at radius 1 is 1.05 bits per heavy atom. The van der Waals surface area contributed by atoms with Gasteiger partial charge in [0.25, 0.3) is 0 Å². The fourth-order valence-corrected chi connectivity index (χ4v) is 7.36. The molecule has 0 spiro atoms. The lowest BCUT2D eigenvalue weighted by molar-refractivity contribution is -0.131. The number of rotatable bonds is 10. The summed E-state index contributed by atoms with van der Waals surface area (Å²) in [6.45, 7) is 7.68. The van der Waals surface area contributed by atoms with Gasteiger partial charge in [0, 0.05) is 37.8 Å². The highest BCUT2D eigenvalue weighted by atomic mass is 35.5. The fraction of sp³-hybridized carbons (Fsp3) is 0.719. The van der Waals surface area contributed by atoms with Crippen LogP contribution in [0.4, 0.5) is 9.18 Å². The summed E-state index contributed by atoms with van der Waals surface area (Å²) in [6.07, 6.45) is 5.76. The van der Waals surface area contributed by atoms with Crippen molar-refractivity contribution in [2.24, 2.45) is 5.92 Å². The van der Waals surface area contributed by atoms with E-state index in [1.165, 1.54) is 37.7 Å². The molecule has 1 aromatic rings. The Morgan fingerprint density at radius 3 is 2.37 bits per heavy atom. The lowest BCUT2D eigenvalue weighted by atomic mass is 9.91. The Bertz CT molecular complexity index is 1030. The number of hydrogen-bond acceptors (Lipinski definition) is 6. The Kier molecular flexibility index (Phi) is 13.9. The smallest absolute Gasteiger partial charge is 0.411 e. The molecule has 2 heterocycles. The Labute approximate surface area is 267 Å². The van der Waals surface area contributed by atoms with Gasteiger partial charge in [-0.2, -0.15) is 11.8 Å². The van der Waals surface area contributed by atoms with Crippen LogP contribution in [-0.2, 0) is 20.9 Å². The third kappa shape index (κ3) is 11.4. The second-order valence-corrected chi connectivity index (χ2v) is 14.2. The highest BCUT2D eigenvalue weighted by Gasteiger charge is 2.42. The summed E-state index contributed by atoms with van der Waals surface area (Å²) in [5.74, 6) is 1.33. The first-order valence-corrected chi connectivity index (χ1v) is 16.8. The highest BCUT2D eigenvalue weighted by molar-refractivity contribution is 7.99. The molecule has 0 bridgehead atoms. The van der Waals surface area contributed by atoms with E-state index >= 15 is 0 Å². The molecule has 3 aliphatic rings. The van der Waals surface area contributed by atoms with E-state index in [0.29, 0.717) is 11.7 Å². The standard InChI is InChI=1S/C32H49FN4O4S.ClH/c1-32(2,3)41-31(40)37-20-25(33)18-28(37)30(39)35-27(22-42-21-24-12-8-5-9-13-24)29(38)34-26-14-16-36(17-15-26)19-23-10-6-4-7-11-23;/h4,6-7,10-11,24-28H,5,8-9,12-22H2,1-3H3,(H,34,38)(H,35,39);1H/t25-,27-,28-;/m0./s1. The predicted molar refractivity (Wildman–Crippen MR) is 172 cm³/mol. The first-order valence-electron chi connectivity index (χ1n) is 15.7. The zero-order valence-corrected chi connectivity index (χ0v) is 27.5. The minimum absolute atomic E-state index is 0. The van der Waals surface area contributed by atoms with Crippen LogP contribution in [0.2, 0.25) is 0 Å². The molecule has 0 radical (unpaired) electrons. The Hall–Kier alpha value is -2.04. The van der Waals surface area contributed by atoms with Crippen molar-refractivity contribution in [3.63, 3.8) is 0 Å². The number of ether oxygens (including phenoxy) is 1. The van der Waals surface area contributed by atoms with Gasteiger partial charge in [0.05, 0.1) is 6.54 Å². The summed E-state index contributed by atoms with van der Waals surface area (Å²) in [5, 5.41) is 6.09. The van der Waals surface area contributed by atoms with Gasteiger partial charge in [-0.15, -0.1) is 12.4 Å². The fourth-order valence-electron chi connectivity index (χ4n) is 6.09.